The minimum Gasteiger partial charge on any atom is -0.756 e. The van der Waals surface area contributed by atoms with Crippen molar-refractivity contribution in [1.29, 1.82) is 0 Å². The van der Waals surface area contributed by atoms with Gasteiger partial charge in [0.1, 0.15) is 19.8 Å². The summed E-state index contributed by atoms with van der Waals surface area (Å²) in [6, 6.07) is 0. The molecule has 0 saturated carbocycles. The highest BCUT2D eigenvalue weighted by Gasteiger charge is 2.21. The number of phosphoric ester groups is 1. The number of ether oxygens (including phenoxy) is 2. The largest absolute Gasteiger partial charge is 0.756 e. The van der Waals surface area contributed by atoms with Crippen LogP contribution in [0.4, 0.5) is 0 Å². The quantitative estimate of drug-likeness (QED) is 0.0198. The molecule has 0 radical (unpaired) electrons. The maximum atomic E-state index is 12.7. The number of nitrogens with zero attached hydrogens (tertiary/aromatic N) is 1. The number of rotatable bonds is 39. The van der Waals surface area contributed by atoms with Crippen LogP contribution in [0.2, 0.25) is 0 Å². The van der Waals surface area contributed by atoms with Crippen LogP contribution in [0.1, 0.15) is 162 Å². The zero-order chi connectivity index (χ0) is 42.1. The average molecular weight is 820 g/mol. The number of carbonyl (C=O) groups excluding carboxylic acids is 2. The summed E-state index contributed by atoms with van der Waals surface area (Å²) in [6.07, 6.45) is 47.8. The Labute approximate surface area is 348 Å². The lowest BCUT2D eigenvalue weighted by Crippen LogP contribution is -2.37. The summed E-state index contributed by atoms with van der Waals surface area (Å²) >= 11 is 0. The van der Waals surface area contributed by atoms with E-state index in [2.05, 4.69) is 86.8 Å². The van der Waals surface area contributed by atoms with Gasteiger partial charge in [0.15, 0.2) is 6.10 Å². The van der Waals surface area contributed by atoms with Gasteiger partial charge in [-0.2, -0.15) is 0 Å². The zero-order valence-corrected chi connectivity index (χ0v) is 37.7. The molecule has 10 heteroatoms. The van der Waals surface area contributed by atoms with E-state index in [0.29, 0.717) is 23.9 Å². The van der Waals surface area contributed by atoms with Gasteiger partial charge in [-0.1, -0.05) is 138 Å². The normalized spacial score (nSPS) is 14.3. The van der Waals surface area contributed by atoms with Crippen molar-refractivity contribution in [2.24, 2.45) is 0 Å². The first kappa shape index (κ1) is 54.5. The molecule has 2 atom stereocenters. The van der Waals surface area contributed by atoms with Gasteiger partial charge in [0.2, 0.25) is 0 Å². The van der Waals surface area contributed by atoms with E-state index >= 15 is 0 Å². The van der Waals surface area contributed by atoms with Crippen LogP contribution in [-0.2, 0) is 32.7 Å². The number of carbonyl (C=O) groups is 2. The predicted molar refractivity (Wildman–Crippen MR) is 236 cm³/mol. The van der Waals surface area contributed by atoms with Crippen molar-refractivity contribution < 1.29 is 42.1 Å². The second kappa shape index (κ2) is 38.9. The lowest BCUT2D eigenvalue weighted by atomic mass is 10.1. The molecule has 0 N–H and O–H groups in total. The molecule has 0 spiro atoms. The second-order valence-corrected chi connectivity index (χ2v) is 17.1. The number of phosphoric acid groups is 1. The fourth-order valence-electron chi connectivity index (χ4n) is 5.42. The van der Waals surface area contributed by atoms with Crippen LogP contribution in [0, 0.1) is 0 Å². The smallest absolute Gasteiger partial charge is 0.306 e. The minimum absolute atomic E-state index is 0.0434. The summed E-state index contributed by atoms with van der Waals surface area (Å²) in [4.78, 5) is 37.5. The van der Waals surface area contributed by atoms with Crippen LogP contribution in [0.15, 0.2) is 72.9 Å². The zero-order valence-electron chi connectivity index (χ0n) is 36.8. The molecular weight excluding hydrogens is 737 g/mol. The third-order valence-corrected chi connectivity index (χ3v) is 9.91. The molecule has 0 saturated heterocycles. The first-order valence-corrected chi connectivity index (χ1v) is 23.6. The monoisotopic (exact) mass is 820 g/mol. The summed E-state index contributed by atoms with van der Waals surface area (Å²) in [6.45, 7) is 4.08. The highest BCUT2D eigenvalue weighted by atomic mass is 31.2. The Morgan fingerprint density at radius 2 is 0.965 bits per heavy atom. The van der Waals surface area contributed by atoms with Crippen LogP contribution in [0.5, 0.6) is 0 Å². The molecule has 0 heterocycles. The molecule has 0 aromatic rings. The van der Waals surface area contributed by atoms with Gasteiger partial charge in [0.05, 0.1) is 27.7 Å². The molecular formula is C47H82NO8P. The van der Waals surface area contributed by atoms with E-state index in [-0.39, 0.29) is 26.1 Å². The second-order valence-electron chi connectivity index (χ2n) is 15.7. The standard InChI is InChI=1S/C47H82NO8P/c1-6-8-10-12-14-16-18-20-22-23-24-25-26-28-30-32-34-36-38-40-47(50)56-45(44-55-57(51,52)54-42-41-48(3,4)5)43-53-46(49)39-37-35-33-31-29-27-21-19-17-15-13-11-9-7-2/h13-16,19-22,24-25,28,30,45H,6-12,17-18,23,26-27,29,31-44H2,1-5H3/b15-13+,16-14+,21-19+,22-20+,25-24+,30-28+. The molecule has 0 amide bonds. The van der Waals surface area contributed by atoms with Crippen LogP contribution in [0.3, 0.4) is 0 Å². The van der Waals surface area contributed by atoms with E-state index in [1.807, 2.05) is 21.1 Å². The third-order valence-electron chi connectivity index (χ3n) is 8.95. The first-order chi connectivity index (χ1) is 27.5. The van der Waals surface area contributed by atoms with Crippen LogP contribution in [-0.4, -0.2) is 70.0 Å². The fraction of sp³-hybridized carbons (Fsp3) is 0.702. The Balaban J connectivity index is 4.46. The maximum absolute atomic E-state index is 12.7. The van der Waals surface area contributed by atoms with Crippen molar-refractivity contribution in [1.82, 2.24) is 0 Å². The lowest BCUT2D eigenvalue weighted by molar-refractivity contribution is -0.870. The molecule has 0 aromatic heterocycles. The molecule has 0 aliphatic rings. The van der Waals surface area contributed by atoms with E-state index in [1.54, 1.807) is 0 Å². The van der Waals surface area contributed by atoms with E-state index in [4.69, 9.17) is 18.5 Å². The topological polar surface area (TPSA) is 111 Å². The van der Waals surface area contributed by atoms with Crippen LogP contribution >= 0.6 is 7.82 Å². The Kier molecular flexibility index (Phi) is 37.2. The highest BCUT2D eigenvalue weighted by molar-refractivity contribution is 7.45. The summed E-state index contributed by atoms with van der Waals surface area (Å²) in [5.74, 6) is -0.894. The molecule has 9 nitrogen and oxygen atoms in total. The number of quaternary nitrogens is 1. The summed E-state index contributed by atoms with van der Waals surface area (Å²) < 4.78 is 33.8. The van der Waals surface area contributed by atoms with Gasteiger partial charge in [-0.3, -0.25) is 14.2 Å². The number of esters is 2. The summed E-state index contributed by atoms with van der Waals surface area (Å²) in [5, 5.41) is 0. The lowest BCUT2D eigenvalue weighted by Gasteiger charge is -2.28. The molecule has 328 valence electrons. The number of hydrogen-bond acceptors (Lipinski definition) is 8. The molecule has 0 fully saturated rings. The van der Waals surface area contributed by atoms with Crippen molar-refractivity contribution in [3.05, 3.63) is 72.9 Å². The van der Waals surface area contributed by atoms with Crippen LogP contribution in [0.25, 0.3) is 0 Å². The number of unbranched alkanes of at least 4 members (excludes halogenated alkanes) is 13. The molecule has 0 rings (SSSR count). The Hall–Kier alpha value is -2.55. The summed E-state index contributed by atoms with van der Waals surface area (Å²) in [7, 11) is 1.12. The number of hydrogen-bond donors (Lipinski definition) is 0. The Bertz CT molecular complexity index is 1200. The first-order valence-electron chi connectivity index (χ1n) is 22.1. The van der Waals surface area contributed by atoms with E-state index in [9.17, 15) is 19.0 Å². The van der Waals surface area contributed by atoms with Gasteiger partial charge in [0.25, 0.3) is 7.82 Å². The molecule has 0 aliphatic carbocycles. The summed E-state index contributed by atoms with van der Waals surface area (Å²) in [5.41, 5.74) is 0. The maximum Gasteiger partial charge on any atom is 0.306 e. The average Bonchev–Trinajstić information content (AvgIpc) is 3.16. The Morgan fingerprint density at radius 1 is 0.544 bits per heavy atom. The molecule has 0 aliphatic heterocycles. The van der Waals surface area contributed by atoms with Gasteiger partial charge in [-0.15, -0.1) is 0 Å². The molecule has 0 aromatic carbocycles. The van der Waals surface area contributed by atoms with Gasteiger partial charge >= 0.3 is 11.9 Å². The molecule has 0 bridgehead atoms. The van der Waals surface area contributed by atoms with Crippen molar-refractivity contribution in [3.8, 4) is 0 Å². The minimum atomic E-state index is -4.64. The van der Waals surface area contributed by atoms with E-state index in [0.717, 1.165) is 83.5 Å². The van der Waals surface area contributed by atoms with Gasteiger partial charge < -0.3 is 27.9 Å². The fourth-order valence-corrected chi connectivity index (χ4v) is 6.15. The predicted octanol–water partition coefficient (Wildman–Crippen LogP) is 12.0. The SMILES string of the molecule is CCCC/C=C/C/C=C/CCCCCCCC(=O)OCC(COP(=O)([O-])OCC[N+](C)(C)C)OC(=O)CCCCC/C=C/C/C=C/C/C=C/C/C=C/CCCCC. The van der Waals surface area contributed by atoms with Crippen molar-refractivity contribution in [2.45, 2.75) is 168 Å². The van der Waals surface area contributed by atoms with Crippen molar-refractivity contribution >= 4 is 19.8 Å². The van der Waals surface area contributed by atoms with Gasteiger partial charge in [-0.05, 0) is 83.5 Å². The third kappa shape index (κ3) is 42.9. The van der Waals surface area contributed by atoms with E-state index < -0.39 is 32.5 Å². The molecule has 2 unspecified atom stereocenters. The van der Waals surface area contributed by atoms with Gasteiger partial charge in [0, 0.05) is 12.8 Å². The van der Waals surface area contributed by atoms with Crippen molar-refractivity contribution in [2.75, 3.05) is 47.5 Å². The van der Waals surface area contributed by atoms with Crippen molar-refractivity contribution in [3.63, 3.8) is 0 Å². The van der Waals surface area contributed by atoms with Crippen LogP contribution < -0.4 is 4.89 Å². The Morgan fingerprint density at radius 3 is 1.47 bits per heavy atom. The number of likely N-dealkylation sites (N-methyl/N-ethyl adjacent to an activating group) is 1. The highest BCUT2D eigenvalue weighted by Crippen LogP contribution is 2.38. The number of allylic oxidation sites excluding steroid dienone is 12. The van der Waals surface area contributed by atoms with Gasteiger partial charge in [-0.25, -0.2) is 0 Å². The van der Waals surface area contributed by atoms with E-state index in [1.165, 1.54) is 38.5 Å². The molecule has 57 heavy (non-hydrogen) atoms.